The van der Waals surface area contributed by atoms with Crippen LogP contribution in [-0.2, 0) is 17.8 Å². The molecular weight excluding hydrogens is 687 g/mol. The predicted octanol–water partition coefficient (Wildman–Crippen LogP) is 8.80. The van der Waals surface area contributed by atoms with Gasteiger partial charge < -0.3 is 14.5 Å². The van der Waals surface area contributed by atoms with E-state index >= 15 is 0 Å². The number of benzene rings is 4. The number of aromatic nitrogens is 1. The average Bonchev–Trinajstić information content (AvgIpc) is 3.60. The lowest BCUT2D eigenvalue weighted by Crippen LogP contribution is -2.31. The van der Waals surface area contributed by atoms with Crippen LogP contribution in [0.4, 0.5) is 15.8 Å². The minimum absolute atomic E-state index is 0.0424. The summed E-state index contributed by atoms with van der Waals surface area (Å²) in [4.78, 5) is 34.7. The number of H-pyrrole nitrogens is 1. The first kappa shape index (κ1) is 32.0. The maximum absolute atomic E-state index is 13.9. The maximum atomic E-state index is 13.9. The van der Waals surface area contributed by atoms with E-state index in [2.05, 4.69) is 20.9 Å². The molecule has 9 nitrogen and oxygen atoms in total. The van der Waals surface area contributed by atoms with Crippen LogP contribution in [-0.4, -0.2) is 39.0 Å². The Balaban J connectivity index is 1.30. The molecule has 4 aromatic carbocycles. The zero-order chi connectivity index (χ0) is 32.9. The fourth-order valence-electron chi connectivity index (χ4n) is 5.09. The van der Waals surface area contributed by atoms with Crippen LogP contribution in [0.5, 0.6) is 11.5 Å². The topological polar surface area (TPSA) is 110 Å². The van der Waals surface area contributed by atoms with Crippen molar-refractivity contribution in [1.82, 2.24) is 9.88 Å². The van der Waals surface area contributed by atoms with E-state index in [4.69, 9.17) is 14.5 Å². The van der Waals surface area contributed by atoms with Crippen molar-refractivity contribution < 1.29 is 23.6 Å². The van der Waals surface area contributed by atoms with Gasteiger partial charge in [0, 0.05) is 40.2 Å². The van der Waals surface area contributed by atoms with Gasteiger partial charge in [-0.1, -0.05) is 46.3 Å². The van der Waals surface area contributed by atoms with E-state index in [-0.39, 0.29) is 24.0 Å². The number of amidine groups is 1. The molecule has 0 radical (unpaired) electrons. The van der Waals surface area contributed by atoms with Crippen molar-refractivity contribution >= 4 is 67.1 Å². The highest BCUT2D eigenvalue weighted by Gasteiger charge is 2.33. The van der Waals surface area contributed by atoms with E-state index in [1.165, 1.54) is 36.0 Å². The van der Waals surface area contributed by atoms with E-state index in [9.17, 15) is 19.3 Å². The zero-order valence-corrected chi connectivity index (χ0v) is 27.5. The lowest BCUT2D eigenvalue weighted by atomic mass is 10.1. The van der Waals surface area contributed by atoms with Crippen molar-refractivity contribution in [2.24, 2.45) is 4.99 Å². The molecule has 6 rings (SSSR count). The highest BCUT2D eigenvalue weighted by atomic mass is 79.9. The van der Waals surface area contributed by atoms with Crippen LogP contribution in [0, 0.1) is 15.9 Å². The number of halogens is 2. The summed E-state index contributed by atoms with van der Waals surface area (Å²) in [6, 6.07) is 23.6. The van der Waals surface area contributed by atoms with Crippen LogP contribution >= 0.6 is 27.7 Å². The van der Waals surface area contributed by atoms with E-state index in [1.54, 1.807) is 47.4 Å². The molecule has 1 saturated heterocycles. The third-order valence-corrected chi connectivity index (χ3v) is 9.08. The highest BCUT2D eigenvalue weighted by Crippen LogP contribution is 2.39. The van der Waals surface area contributed by atoms with E-state index in [1.807, 2.05) is 37.4 Å². The number of nitrogens with zero attached hydrogens (tertiary/aromatic N) is 3. The van der Waals surface area contributed by atoms with Gasteiger partial charge in [0.05, 0.1) is 22.1 Å². The summed E-state index contributed by atoms with van der Waals surface area (Å²) in [5.41, 5.74) is 3.90. The molecule has 1 N–H and O–H groups in total. The third-order valence-electron chi connectivity index (χ3n) is 7.39. The van der Waals surface area contributed by atoms with Gasteiger partial charge in [0.15, 0.2) is 16.7 Å². The summed E-state index contributed by atoms with van der Waals surface area (Å²) in [6.07, 6.45) is 4.30. The minimum Gasteiger partial charge on any atom is -0.490 e. The van der Waals surface area contributed by atoms with Gasteiger partial charge in [0.1, 0.15) is 12.4 Å². The number of aliphatic imine (C=N–C) groups is 1. The molecule has 47 heavy (non-hydrogen) atoms. The minimum atomic E-state index is -0.467. The van der Waals surface area contributed by atoms with Gasteiger partial charge in [0.25, 0.3) is 11.6 Å². The quantitative estimate of drug-likeness (QED) is 0.0832. The lowest BCUT2D eigenvalue weighted by Gasteiger charge is -2.15. The Labute approximate surface area is 282 Å². The van der Waals surface area contributed by atoms with Gasteiger partial charge in [-0.25, -0.2) is 9.38 Å². The monoisotopic (exact) mass is 714 g/mol. The molecule has 0 aliphatic carbocycles. The van der Waals surface area contributed by atoms with Crippen LogP contribution in [0.2, 0.25) is 0 Å². The maximum Gasteiger partial charge on any atom is 0.269 e. The zero-order valence-electron chi connectivity index (χ0n) is 25.1. The van der Waals surface area contributed by atoms with E-state index in [0.29, 0.717) is 62.4 Å². The number of fused-ring (bicyclic) bond motifs is 1. The number of hydrogen-bond acceptors (Lipinski definition) is 7. The smallest absolute Gasteiger partial charge is 0.269 e. The molecule has 238 valence electrons. The summed E-state index contributed by atoms with van der Waals surface area (Å²) >= 11 is 4.84. The molecular formula is C35H28BrFN4O5S. The molecule has 1 aliphatic heterocycles. The lowest BCUT2D eigenvalue weighted by molar-refractivity contribution is -0.384. The molecule has 0 unspecified atom stereocenters. The summed E-state index contributed by atoms with van der Waals surface area (Å²) in [6.45, 7) is 2.76. The molecule has 1 fully saturated rings. The number of ether oxygens (including phenoxy) is 2. The SMILES string of the molecule is CCOc1cc(/C=C2\SC(=Nc3ccc([N+](=O)[O-])cc3)N(CCc3c[nH]c4ccccc34)C2=O)c(Br)cc1OCc1cccc(F)c1. The van der Waals surface area contributed by atoms with Crippen LogP contribution in [0.3, 0.4) is 0 Å². The van der Waals surface area contributed by atoms with Crippen LogP contribution in [0.15, 0.2) is 105 Å². The second kappa shape index (κ2) is 14.2. The van der Waals surface area contributed by atoms with Gasteiger partial charge >= 0.3 is 0 Å². The number of amides is 1. The molecule has 1 amide bonds. The van der Waals surface area contributed by atoms with Crippen LogP contribution in [0.1, 0.15) is 23.6 Å². The van der Waals surface area contributed by atoms with Crippen molar-refractivity contribution in [3.63, 3.8) is 0 Å². The van der Waals surface area contributed by atoms with Gasteiger partial charge in [-0.15, -0.1) is 0 Å². The number of nitro benzene ring substituents is 1. The van der Waals surface area contributed by atoms with Crippen molar-refractivity contribution in [2.75, 3.05) is 13.2 Å². The first-order chi connectivity index (χ1) is 22.8. The second-order valence-corrected chi connectivity index (χ2v) is 12.4. The molecule has 0 bridgehead atoms. The highest BCUT2D eigenvalue weighted by molar-refractivity contribution is 9.10. The predicted molar refractivity (Wildman–Crippen MR) is 186 cm³/mol. The molecule has 2 heterocycles. The second-order valence-electron chi connectivity index (χ2n) is 10.5. The normalized spacial score (nSPS) is 14.8. The number of rotatable bonds is 11. The Morgan fingerprint density at radius 3 is 2.60 bits per heavy atom. The van der Waals surface area contributed by atoms with Crippen molar-refractivity contribution in [1.29, 1.82) is 0 Å². The standard InChI is InChI=1S/C35H28BrFN4O5S/c1-2-45-31-17-24(29(36)19-32(31)46-21-22-6-5-7-25(37)16-22)18-33-34(42)40(15-14-23-20-38-30-9-4-3-8-28(23)30)35(47-33)39-26-10-12-27(13-11-26)41(43)44/h3-13,16-20,38H,2,14-15,21H2,1H3/b33-18-,39-35?. The largest absolute Gasteiger partial charge is 0.490 e. The Hall–Kier alpha value is -4.94. The number of carbonyl (C=O) groups excluding carboxylic acids is 1. The molecule has 1 aliphatic rings. The Kier molecular flexibility index (Phi) is 9.69. The summed E-state index contributed by atoms with van der Waals surface area (Å²) in [5, 5.41) is 12.7. The van der Waals surface area contributed by atoms with E-state index < -0.39 is 4.92 Å². The Morgan fingerprint density at radius 1 is 1.04 bits per heavy atom. The molecule has 1 aromatic heterocycles. The van der Waals surface area contributed by atoms with Gasteiger partial charge in [0.2, 0.25) is 0 Å². The fourth-order valence-corrected chi connectivity index (χ4v) is 6.54. The van der Waals surface area contributed by atoms with Crippen LogP contribution < -0.4 is 9.47 Å². The molecule has 5 aromatic rings. The molecule has 0 atom stereocenters. The number of nitrogens with one attached hydrogen (secondary N) is 1. The van der Waals surface area contributed by atoms with Gasteiger partial charge in [-0.3, -0.25) is 19.8 Å². The molecule has 0 saturated carbocycles. The number of aromatic amines is 1. The number of nitro groups is 1. The number of hydrogen-bond donors (Lipinski definition) is 1. The summed E-state index contributed by atoms with van der Waals surface area (Å²) in [5.74, 6) is 0.387. The number of carbonyl (C=O) groups is 1. The number of para-hydroxylation sites is 1. The first-order valence-corrected chi connectivity index (χ1v) is 16.3. The third kappa shape index (κ3) is 7.39. The van der Waals surface area contributed by atoms with E-state index in [0.717, 1.165) is 16.5 Å². The van der Waals surface area contributed by atoms with Crippen molar-refractivity contribution in [3.05, 3.63) is 133 Å². The summed E-state index contributed by atoms with van der Waals surface area (Å²) < 4.78 is 26.2. The van der Waals surface area contributed by atoms with Crippen molar-refractivity contribution in [2.45, 2.75) is 20.0 Å². The number of non-ortho nitro benzene ring substituents is 1. The molecule has 0 spiro atoms. The average molecular weight is 716 g/mol. The Morgan fingerprint density at radius 2 is 1.83 bits per heavy atom. The molecule has 12 heteroatoms. The van der Waals surface area contributed by atoms with Gasteiger partial charge in [-0.05, 0) is 90.3 Å². The fraction of sp³-hybridized carbons (Fsp3) is 0.143. The Bertz CT molecular complexity index is 2030. The summed E-state index contributed by atoms with van der Waals surface area (Å²) in [7, 11) is 0. The van der Waals surface area contributed by atoms with Crippen LogP contribution in [0.25, 0.3) is 17.0 Å². The first-order valence-electron chi connectivity index (χ1n) is 14.7. The van der Waals surface area contributed by atoms with Crippen molar-refractivity contribution in [3.8, 4) is 11.5 Å². The van der Waals surface area contributed by atoms with Gasteiger partial charge in [-0.2, -0.15) is 0 Å². The number of thioether (sulfide) groups is 1.